The summed E-state index contributed by atoms with van der Waals surface area (Å²) in [7, 11) is 1.24. The summed E-state index contributed by atoms with van der Waals surface area (Å²) < 4.78 is 20.4. The number of likely N-dealkylation sites (tertiary alicyclic amines) is 1. The number of nitrogens with one attached hydrogen (secondary N) is 2. The van der Waals surface area contributed by atoms with Crippen molar-refractivity contribution in [3.8, 4) is 0 Å². The molecule has 182 valence electrons. The molecule has 1 fully saturated rings. The molecule has 3 aromatic rings. The average Bonchev–Trinajstić information content (AvgIpc) is 3.52. The molecule has 0 radical (unpaired) electrons. The van der Waals surface area contributed by atoms with Crippen LogP contribution in [-0.4, -0.2) is 51.3 Å². The molecule has 2 aromatic heterocycles. The zero-order valence-corrected chi connectivity index (χ0v) is 19.6. The van der Waals surface area contributed by atoms with Crippen molar-refractivity contribution in [1.82, 2.24) is 14.9 Å². The number of nitrogens with zero attached hydrogens (tertiary/aromatic N) is 2. The lowest BCUT2D eigenvalue weighted by Crippen LogP contribution is -2.36. The highest BCUT2D eigenvalue weighted by Crippen LogP contribution is 2.41. The third-order valence-corrected chi connectivity index (χ3v) is 6.21. The summed E-state index contributed by atoms with van der Waals surface area (Å²) in [5.74, 6) is -3.08. The number of aryl methyl sites for hydroxylation is 2. The van der Waals surface area contributed by atoms with Crippen molar-refractivity contribution in [3.05, 3.63) is 82.5 Å². The molecule has 0 saturated carbocycles. The van der Waals surface area contributed by atoms with Crippen LogP contribution in [0.2, 0.25) is 0 Å². The molecule has 1 amide bonds. The van der Waals surface area contributed by atoms with E-state index in [9.17, 15) is 23.9 Å². The van der Waals surface area contributed by atoms with Crippen LogP contribution >= 0.6 is 0 Å². The van der Waals surface area contributed by atoms with Gasteiger partial charge in [-0.3, -0.25) is 14.6 Å². The van der Waals surface area contributed by atoms with Gasteiger partial charge < -0.3 is 19.7 Å². The van der Waals surface area contributed by atoms with E-state index in [-0.39, 0.29) is 23.4 Å². The van der Waals surface area contributed by atoms with Crippen molar-refractivity contribution in [1.29, 1.82) is 0 Å². The molecule has 9 nitrogen and oxygen atoms in total. The second-order valence-electron chi connectivity index (χ2n) is 8.36. The highest BCUT2D eigenvalue weighted by Gasteiger charge is 2.46. The smallest absolute Gasteiger partial charge is 0.354 e. The largest absolute Gasteiger partial charge is 0.507 e. The van der Waals surface area contributed by atoms with Gasteiger partial charge in [0.2, 0.25) is 6.33 Å². The van der Waals surface area contributed by atoms with Gasteiger partial charge in [0.25, 0.3) is 11.7 Å². The predicted molar refractivity (Wildman–Crippen MR) is 123 cm³/mol. The zero-order valence-electron chi connectivity index (χ0n) is 19.6. The van der Waals surface area contributed by atoms with Gasteiger partial charge in [-0.1, -0.05) is 12.1 Å². The number of hydrogen-bond donors (Lipinski definition) is 3. The standard InChI is InChI=1S/C25H25FN4O5/c1-14-18(15(2)28-20(14)25(34)35-3)22(31)19-21(16-5-7-17(26)8-6-16)30(24(33)23(19)32)11-4-10-29-12-9-27-13-29/h5-9,12-13,21H,4,10-11H2,1-3H3,(H2,28,31,32,34)/p+1. The number of amides is 1. The van der Waals surface area contributed by atoms with E-state index in [4.69, 9.17) is 4.74 Å². The Morgan fingerprint density at radius 3 is 2.57 bits per heavy atom. The maximum Gasteiger partial charge on any atom is 0.354 e. The second-order valence-corrected chi connectivity index (χ2v) is 8.36. The third-order valence-electron chi connectivity index (χ3n) is 6.21. The SMILES string of the molecule is COC(=O)c1[nH]c(C)c(/C(O)=C2\C(=O)C(=O)N(CCC[n+]3cc[nH]c3)C2c2ccc(F)cc2)c1C. The number of aromatic nitrogens is 3. The average molecular weight is 482 g/mol. The highest BCUT2D eigenvalue weighted by molar-refractivity contribution is 6.46. The number of ketones is 1. The van der Waals surface area contributed by atoms with Crippen LogP contribution in [0.4, 0.5) is 4.39 Å². The van der Waals surface area contributed by atoms with E-state index in [1.165, 1.54) is 36.3 Å². The fourth-order valence-electron chi connectivity index (χ4n) is 4.53. The number of aliphatic hydroxyl groups excluding tert-OH is 1. The number of carbonyl (C=O) groups excluding carboxylic acids is 3. The number of aromatic amines is 2. The molecular weight excluding hydrogens is 455 g/mol. The predicted octanol–water partition coefficient (Wildman–Crippen LogP) is 2.68. The Bertz CT molecular complexity index is 1310. The summed E-state index contributed by atoms with van der Waals surface area (Å²) in [6.45, 7) is 4.09. The molecule has 1 atom stereocenters. The normalized spacial score (nSPS) is 17.3. The highest BCUT2D eigenvalue weighted by atomic mass is 19.1. The van der Waals surface area contributed by atoms with Gasteiger partial charge in [-0.25, -0.2) is 13.8 Å². The van der Waals surface area contributed by atoms with Crippen molar-refractivity contribution in [2.24, 2.45) is 0 Å². The summed E-state index contributed by atoms with van der Waals surface area (Å²) in [6, 6.07) is 4.55. The Morgan fingerprint density at radius 2 is 1.94 bits per heavy atom. The molecule has 3 N–H and O–H groups in total. The van der Waals surface area contributed by atoms with Gasteiger partial charge in [-0.2, -0.15) is 0 Å². The summed E-state index contributed by atoms with van der Waals surface area (Å²) >= 11 is 0. The topological polar surface area (TPSA) is 119 Å². The lowest BCUT2D eigenvalue weighted by molar-refractivity contribution is -0.695. The maximum atomic E-state index is 13.7. The van der Waals surface area contributed by atoms with Gasteiger partial charge in [-0.05, 0) is 37.1 Å². The van der Waals surface area contributed by atoms with E-state index in [0.717, 1.165) is 0 Å². The van der Waals surface area contributed by atoms with Crippen molar-refractivity contribution < 1.29 is 33.2 Å². The van der Waals surface area contributed by atoms with Crippen LogP contribution in [0.15, 0.2) is 48.6 Å². The number of halogens is 1. The molecule has 1 unspecified atom stereocenters. The van der Waals surface area contributed by atoms with Crippen LogP contribution in [-0.2, 0) is 20.9 Å². The third kappa shape index (κ3) is 4.34. The van der Waals surface area contributed by atoms with Gasteiger partial charge in [-0.15, -0.1) is 0 Å². The van der Waals surface area contributed by atoms with Crippen LogP contribution in [0.5, 0.6) is 0 Å². The Balaban J connectivity index is 1.79. The lowest BCUT2D eigenvalue weighted by Gasteiger charge is -2.25. The molecule has 1 aromatic carbocycles. The van der Waals surface area contributed by atoms with E-state index in [0.29, 0.717) is 29.8 Å². The summed E-state index contributed by atoms with van der Waals surface area (Å²) in [5.41, 5.74) is 1.59. The van der Waals surface area contributed by atoms with Crippen LogP contribution in [0, 0.1) is 19.7 Å². The van der Waals surface area contributed by atoms with Gasteiger partial charge in [0.1, 0.15) is 29.7 Å². The molecule has 0 spiro atoms. The quantitative estimate of drug-likeness (QED) is 0.158. The number of methoxy groups -OCH3 is 1. The summed E-state index contributed by atoms with van der Waals surface area (Å²) in [5, 5.41) is 11.3. The molecule has 10 heteroatoms. The minimum Gasteiger partial charge on any atom is -0.507 e. The number of Topliss-reactive ketones (excluding diaryl/α,β-unsaturated/α-hetero) is 1. The number of imidazole rings is 1. The first-order chi connectivity index (χ1) is 16.7. The Hall–Kier alpha value is -4.21. The molecular formula is C25H26FN4O5+. The molecule has 3 heterocycles. The number of aliphatic hydroxyl groups is 1. The van der Waals surface area contributed by atoms with Crippen LogP contribution < -0.4 is 4.57 Å². The van der Waals surface area contributed by atoms with E-state index in [1.54, 1.807) is 26.4 Å². The number of rotatable bonds is 7. The Labute approximate surface area is 200 Å². The Kier molecular flexibility index (Phi) is 6.54. The van der Waals surface area contributed by atoms with Crippen molar-refractivity contribution in [2.45, 2.75) is 32.9 Å². The zero-order chi connectivity index (χ0) is 25.3. The van der Waals surface area contributed by atoms with E-state index in [2.05, 4.69) is 9.97 Å². The summed E-state index contributed by atoms with van der Waals surface area (Å²) in [4.78, 5) is 45.6. The molecule has 0 aliphatic carbocycles. The first-order valence-corrected chi connectivity index (χ1v) is 11.1. The van der Waals surface area contributed by atoms with Crippen LogP contribution in [0.25, 0.3) is 5.76 Å². The fourth-order valence-corrected chi connectivity index (χ4v) is 4.53. The fraction of sp³-hybridized carbons (Fsp3) is 0.280. The molecule has 35 heavy (non-hydrogen) atoms. The van der Waals surface area contributed by atoms with E-state index < -0.39 is 35.3 Å². The minimum absolute atomic E-state index is 0.113. The number of carbonyl (C=O) groups is 3. The first-order valence-electron chi connectivity index (χ1n) is 11.1. The van der Waals surface area contributed by atoms with Gasteiger partial charge >= 0.3 is 5.97 Å². The van der Waals surface area contributed by atoms with E-state index in [1.807, 2.05) is 10.8 Å². The Morgan fingerprint density at radius 1 is 1.23 bits per heavy atom. The maximum absolute atomic E-state index is 13.7. The number of H-pyrrole nitrogens is 2. The van der Waals surface area contributed by atoms with Crippen molar-refractivity contribution >= 4 is 23.4 Å². The summed E-state index contributed by atoms with van der Waals surface area (Å²) in [6.07, 6.45) is 5.95. The van der Waals surface area contributed by atoms with Crippen LogP contribution in [0.1, 0.15) is 45.3 Å². The number of hydrogen-bond acceptors (Lipinski definition) is 5. The van der Waals surface area contributed by atoms with Gasteiger partial charge in [0.05, 0.1) is 25.3 Å². The van der Waals surface area contributed by atoms with Crippen LogP contribution in [0.3, 0.4) is 0 Å². The number of benzene rings is 1. The minimum atomic E-state index is -0.915. The van der Waals surface area contributed by atoms with Crippen molar-refractivity contribution in [3.63, 3.8) is 0 Å². The molecule has 1 aliphatic heterocycles. The second kappa shape index (κ2) is 9.57. The van der Waals surface area contributed by atoms with Gasteiger partial charge in [0.15, 0.2) is 0 Å². The first kappa shape index (κ1) is 23.9. The van der Waals surface area contributed by atoms with Gasteiger partial charge in [0, 0.05) is 24.2 Å². The number of esters is 1. The molecule has 4 rings (SSSR count). The van der Waals surface area contributed by atoms with Crippen molar-refractivity contribution in [2.75, 3.05) is 13.7 Å². The monoisotopic (exact) mass is 481 g/mol. The lowest BCUT2D eigenvalue weighted by atomic mass is 9.94. The molecule has 1 saturated heterocycles. The molecule has 0 bridgehead atoms. The van der Waals surface area contributed by atoms with E-state index >= 15 is 0 Å². The molecule has 1 aliphatic rings. The number of ether oxygens (including phenoxy) is 1.